The summed E-state index contributed by atoms with van der Waals surface area (Å²) in [5.41, 5.74) is 10.6. The van der Waals surface area contributed by atoms with Crippen LogP contribution in [0.4, 0.5) is 5.82 Å². The number of rotatable bonds is 2. The van der Waals surface area contributed by atoms with Gasteiger partial charge < -0.3 is 5.73 Å². The highest BCUT2D eigenvalue weighted by atomic mass is 35.5. The molecule has 3 aromatic rings. The number of H-pyrrole nitrogens is 1. The van der Waals surface area contributed by atoms with E-state index in [-0.39, 0.29) is 0 Å². The Bertz CT molecular complexity index is 754. The van der Waals surface area contributed by atoms with E-state index in [4.69, 9.17) is 17.3 Å². The molecule has 0 fully saturated rings. The summed E-state index contributed by atoms with van der Waals surface area (Å²) in [6.45, 7) is 1.96. The summed E-state index contributed by atoms with van der Waals surface area (Å²) in [5, 5.41) is 12.2. The summed E-state index contributed by atoms with van der Waals surface area (Å²) in [6.07, 6.45) is 1.95. The number of nitrogens with one attached hydrogen (secondary N) is 1. The molecule has 0 bridgehead atoms. The molecule has 6 heteroatoms. The van der Waals surface area contributed by atoms with Crippen LogP contribution in [0.15, 0.2) is 30.5 Å². The number of benzene rings is 1. The zero-order valence-corrected chi connectivity index (χ0v) is 11.9. The van der Waals surface area contributed by atoms with Gasteiger partial charge in [0.15, 0.2) is 5.82 Å². The van der Waals surface area contributed by atoms with E-state index in [9.17, 15) is 0 Å². The van der Waals surface area contributed by atoms with Gasteiger partial charge in [-0.1, -0.05) is 23.7 Å². The van der Waals surface area contributed by atoms with Crippen LogP contribution < -0.4 is 5.73 Å². The Morgan fingerprint density at radius 1 is 1.25 bits per heavy atom. The summed E-state index contributed by atoms with van der Waals surface area (Å²) in [6, 6.07) is 7.53. The molecule has 0 saturated heterocycles. The minimum absolute atomic E-state index is 0.463. The highest BCUT2D eigenvalue weighted by molar-refractivity contribution is 6.30. The number of nitrogen functional groups attached to an aromatic ring is 1. The fourth-order valence-electron chi connectivity index (χ4n) is 2.30. The van der Waals surface area contributed by atoms with Crippen LogP contribution in [0, 0.1) is 6.92 Å². The van der Waals surface area contributed by atoms with Gasteiger partial charge in [0.25, 0.3) is 0 Å². The van der Waals surface area contributed by atoms with Gasteiger partial charge in [-0.15, -0.1) is 0 Å². The van der Waals surface area contributed by atoms with Crippen molar-refractivity contribution in [2.45, 2.75) is 6.92 Å². The van der Waals surface area contributed by atoms with E-state index in [1.165, 1.54) is 0 Å². The van der Waals surface area contributed by atoms with Crippen molar-refractivity contribution in [3.05, 3.63) is 41.2 Å². The van der Waals surface area contributed by atoms with E-state index in [0.29, 0.717) is 10.8 Å². The lowest BCUT2D eigenvalue weighted by molar-refractivity contribution is 0.756. The first kappa shape index (κ1) is 12.7. The lowest BCUT2D eigenvalue weighted by Gasteiger charge is -2.04. The number of hydrogen-bond acceptors (Lipinski definition) is 3. The van der Waals surface area contributed by atoms with Crippen molar-refractivity contribution >= 4 is 17.4 Å². The third-order valence-corrected chi connectivity index (χ3v) is 3.46. The Labute approximate surface area is 121 Å². The van der Waals surface area contributed by atoms with Crippen molar-refractivity contribution in [1.82, 2.24) is 20.0 Å². The molecule has 0 amide bonds. The second kappa shape index (κ2) is 4.68. The molecule has 0 atom stereocenters. The number of nitrogens with zero attached hydrogens (tertiary/aromatic N) is 3. The van der Waals surface area contributed by atoms with Gasteiger partial charge in [-0.05, 0) is 24.6 Å². The molecule has 0 unspecified atom stereocenters. The number of aryl methyl sites for hydroxylation is 2. The number of aromatic amines is 1. The zero-order valence-electron chi connectivity index (χ0n) is 11.2. The van der Waals surface area contributed by atoms with Crippen LogP contribution in [0.25, 0.3) is 22.4 Å². The molecule has 0 radical (unpaired) electrons. The Balaban J connectivity index is 2.19. The molecule has 5 nitrogen and oxygen atoms in total. The third-order valence-electron chi connectivity index (χ3n) is 3.21. The molecule has 0 aliphatic carbocycles. The first-order chi connectivity index (χ1) is 9.56. The topological polar surface area (TPSA) is 72.5 Å². The quantitative estimate of drug-likeness (QED) is 0.761. The molecule has 0 spiro atoms. The van der Waals surface area contributed by atoms with Crippen molar-refractivity contribution in [2.75, 3.05) is 5.73 Å². The lowest BCUT2D eigenvalue weighted by atomic mass is 10.0. The number of nitrogens with two attached hydrogens (primary N) is 1. The van der Waals surface area contributed by atoms with E-state index in [2.05, 4.69) is 15.3 Å². The highest BCUT2D eigenvalue weighted by Crippen LogP contribution is 2.36. The Morgan fingerprint density at radius 3 is 2.55 bits per heavy atom. The van der Waals surface area contributed by atoms with E-state index in [1.54, 1.807) is 4.68 Å². The maximum Gasteiger partial charge on any atom is 0.153 e. The summed E-state index contributed by atoms with van der Waals surface area (Å²) >= 11 is 5.93. The molecule has 0 aliphatic heterocycles. The molecular weight excluding hydrogens is 274 g/mol. The molecule has 3 N–H and O–H groups in total. The zero-order chi connectivity index (χ0) is 14.3. The molecule has 2 aromatic heterocycles. The van der Waals surface area contributed by atoms with Gasteiger partial charge in [0.1, 0.15) is 0 Å². The van der Waals surface area contributed by atoms with Crippen LogP contribution in [0.2, 0.25) is 5.02 Å². The molecule has 102 valence electrons. The Kier molecular flexibility index (Phi) is 2.99. The molecule has 1 aromatic carbocycles. The van der Waals surface area contributed by atoms with E-state index < -0.39 is 0 Å². The normalized spacial score (nSPS) is 10.9. The molecule has 0 saturated carbocycles. The SMILES string of the molecule is Cc1nn(C)cc1-c1[nH]nc(N)c1-c1ccc(Cl)cc1. The van der Waals surface area contributed by atoms with Gasteiger partial charge in [0.05, 0.1) is 17.0 Å². The van der Waals surface area contributed by atoms with Crippen molar-refractivity contribution in [1.29, 1.82) is 0 Å². The van der Waals surface area contributed by atoms with Gasteiger partial charge in [0.2, 0.25) is 0 Å². The number of anilines is 1. The second-order valence-corrected chi connectivity index (χ2v) is 5.10. The second-order valence-electron chi connectivity index (χ2n) is 4.67. The van der Waals surface area contributed by atoms with Crippen molar-refractivity contribution in [2.24, 2.45) is 7.05 Å². The first-order valence-electron chi connectivity index (χ1n) is 6.16. The number of halogens is 1. The van der Waals surface area contributed by atoms with Gasteiger partial charge in [0, 0.05) is 23.8 Å². The minimum atomic E-state index is 0.463. The monoisotopic (exact) mass is 287 g/mol. The van der Waals surface area contributed by atoms with Gasteiger partial charge in [-0.2, -0.15) is 10.2 Å². The van der Waals surface area contributed by atoms with E-state index in [0.717, 1.165) is 28.1 Å². The van der Waals surface area contributed by atoms with Crippen molar-refractivity contribution in [3.63, 3.8) is 0 Å². The lowest BCUT2D eigenvalue weighted by Crippen LogP contribution is -1.89. The van der Waals surface area contributed by atoms with Gasteiger partial charge >= 0.3 is 0 Å². The fourth-order valence-corrected chi connectivity index (χ4v) is 2.43. The third kappa shape index (κ3) is 2.06. The molecule has 20 heavy (non-hydrogen) atoms. The Hall–Kier alpha value is -2.27. The maximum absolute atomic E-state index is 6.00. The van der Waals surface area contributed by atoms with Crippen molar-refractivity contribution in [3.8, 4) is 22.4 Å². The average Bonchev–Trinajstić information content (AvgIpc) is 2.93. The molecule has 2 heterocycles. The minimum Gasteiger partial charge on any atom is -0.382 e. The summed E-state index contributed by atoms with van der Waals surface area (Å²) in [5.74, 6) is 0.463. The summed E-state index contributed by atoms with van der Waals surface area (Å²) in [7, 11) is 1.89. The van der Waals surface area contributed by atoms with Gasteiger partial charge in [-0.25, -0.2) is 0 Å². The predicted molar refractivity (Wildman–Crippen MR) is 80.4 cm³/mol. The molecule has 0 aliphatic rings. The first-order valence-corrected chi connectivity index (χ1v) is 6.54. The van der Waals surface area contributed by atoms with Crippen LogP contribution in [0.5, 0.6) is 0 Å². The van der Waals surface area contributed by atoms with Crippen LogP contribution in [-0.2, 0) is 7.05 Å². The smallest absolute Gasteiger partial charge is 0.153 e. The highest BCUT2D eigenvalue weighted by Gasteiger charge is 2.17. The Morgan fingerprint density at radius 2 is 1.95 bits per heavy atom. The van der Waals surface area contributed by atoms with E-state index >= 15 is 0 Å². The largest absolute Gasteiger partial charge is 0.382 e. The summed E-state index contributed by atoms with van der Waals surface area (Å²) in [4.78, 5) is 0. The van der Waals surface area contributed by atoms with Crippen LogP contribution in [0.3, 0.4) is 0 Å². The number of hydrogen-bond donors (Lipinski definition) is 2. The fraction of sp³-hybridized carbons (Fsp3) is 0.143. The van der Waals surface area contributed by atoms with Gasteiger partial charge in [-0.3, -0.25) is 9.78 Å². The van der Waals surface area contributed by atoms with Crippen LogP contribution in [-0.4, -0.2) is 20.0 Å². The van der Waals surface area contributed by atoms with Crippen molar-refractivity contribution < 1.29 is 0 Å². The maximum atomic E-state index is 6.00. The molecule has 3 rings (SSSR count). The van der Waals surface area contributed by atoms with E-state index in [1.807, 2.05) is 44.4 Å². The van der Waals surface area contributed by atoms with Crippen LogP contribution in [0.1, 0.15) is 5.69 Å². The van der Waals surface area contributed by atoms with Crippen LogP contribution >= 0.6 is 11.6 Å². The predicted octanol–water partition coefficient (Wildman–Crippen LogP) is 3.02. The summed E-state index contributed by atoms with van der Waals surface area (Å²) < 4.78 is 1.77. The number of aromatic nitrogens is 4. The molecular formula is C14H14ClN5. The average molecular weight is 288 g/mol. The standard InChI is InChI=1S/C14H14ClN5/c1-8-11(7-20(2)19-8)13-12(14(16)18-17-13)9-3-5-10(15)6-4-9/h3-7H,1-2H3,(H3,16,17,18).